The zero-order valence-electron chi connectivity index (χ0n) is 8.51. The fourth-order valence-electron chi connectivity index (χ4n) is 3.10. The van der Waals surface area contributed by atoms with Crippen molar-refractivity contribution in [2.24, 2.45) is 17.3 Å². The molecule has 2 fully saturated rings. The summed E-state index contributed by atoms with van der Waals surface area (Å²) in [6.45, 7) is 0. The molecule has 0 N–H and O–H groups in total. The van der Waals surface area contributed by atoms with Crippen molar-refractivity contribution in [2.75, 3.05) is 5.33 Å². The van der Waals surface area contributed by atoms with Gasteiger partial charge in [-0.1, -0.05) is 15.9 Å². The molecule has 0 bridgehead atoms. The van der Waals surface area contributed by atoms with Crippen LogP contribution in [-0.4, -0.2) is 5.33 Å². The number of hydrogen-bond acceptors (Lipinski definition) is 1. The Kier molecular flexibility index (Phi) is 2.77. The van der Waals surface area contributed by atoms with Gasteiger partial charge in [0, 0.05) is 14.7 Å². The Balaban J connectivity index is 1.78. The second-order valence-electron chi connectivity index (χ2n) is 5.17. The molecular weight excluding hydrogens is 336 g/mol. The third-order valence-electron chi connectivity index (χ3n) is 3.97. The minimum atomic E-state index is 0.570. The van der Waals surface area contributed by atoms with Gasteiger partial charge in [0.2, 0.25) is 0 Å². The smallest absolute Gasteiger partial charge is 0.0314 e. The molecular formula is C12H14Br2S. The summed E-state index contributed by atoms with van der Waals surface area (Å²) < 4.78 is 1.31. The first-order chi connectivity index (χ1) is 7.22. The molecule has 3 heteroatoms. The van der Waals surface area contributed by atoms with Gasteiger partial charge >= 0.3 is 0 Å². The van der Waals surface area contributed by atoms with Crippen LogP contribution in [0.2, 0.25) is 0 Å². The highest BCUT2D eigenvalue weighted by Crippen LogP contribution is 2.61. The average Bonchev–Trinajstić information content (AvgIpc) is 2.66. The molecule has 0 spiro atoms. The minimum Gasteiger partial charge on any atom is -0.148 e. The van der Waals surface area contributed by atoms with Crippen molar-refractivity contribution in [1.82, 2.24) is 0 Å². The summed E-state index contributed by atoms with van der Waals surface area (Å²) in [5.74, 6) is 2.14. The maximum atomic E-state index is 3.74. The fourth-order valence-corrected chi connectivity index (χ4v) is 5.42. The molecule has 0 aromatic carbocycles. The highest BCUT2D eigenvalue weighted by atomic mass is 79.9. The summed E-state index contributed by atoms with van der Waals surface area (Å²) in [5, 5.41) is 3.37. The Morgan fingerprint density at radius 1 is 1.40 bits per heavy atom. The van der Waals surface area contributed by atoms with Gasteiger partial charge in [0.25, 0.3) is 0 Å². The molecule has 1 aromatic rings. The van der Waals surface area contributed by atoms with Crippen LogP contribution in [0.4, 0.5) is 0 Å². The lowest BCUT2D eigenvalue weighted by Gasteiger charge is -2.28. The van der Waals surface area contributed by atoms with Gasteiger partial charge in [-0.2, -0.15) is 0 Å². The standard InChI is InChI=1S/C12H14Br2S/c13-7-12(4-8-3-9(8)5-12)6-11-10(14)1-2-15-11/h1-2,8-9H,3-7H2. The third kappa shape index (κ3) is 1.96. The minimum absolute atomic E-state index is 0.570. The molecule has 2 saturated carbocycles. The van der Waals surface area contributed by atoms with E-state index in [0.29, 0.717) is 5.41 Å². The highest BCUT2D eigenvalue weighted by molar-refractivity contribution is 9.10. The number of hydrogen-bond donors (Lipinski definition) is 0. The Bertz CT molecular complexity index is 361. The van der Waals surface area contributed by atoms with Gasteiger partial charge in [-0.3, -0.25) is 0 Å². The highest BCUT2D eigenvalue weighted by Gasteiger charge is 2.53. The van der Waals surface area contributed by atoms with E-state index in [2.05, 4.69) is 43.3 Å². The van der Waals surface area contributed by atoms with E-state index in [0.717, 1.165) is 11.8 Å². The SMILES string of the molecule is BrCC1(Cc2sccc2Br)CC2CC2C1. The van der Waals surface area contributed by atoms with Crippen LogP contribution < -0.4 is 0 Å². The quantitative estimate of drug-likeness (QED) is 0.683. The maximum Gasteiger partial charge on any atom is 0.0314 e. The first-order valence-electron chi connectivity index (χ1n) is 5.50. The molecule has 2 aliphatic rings. The Morgan fingerprint density at radius 3 is 2.67 bits per heavy atom. The Morgan fingerprint density at radius 2 is 2.13 bits per heavy atom. The molecule has 0 aliphatic heterocycles. The summed E-state index contributed by atoms with van der Waals surface area (Å²) in [6.07, 6.45) is 5.68. The van der Waals surface area contributed by atoms with Gasteiger partial charge < -0.3 is 0 Å². The third-order valence-corrected chi connectivity index (χ3v) is 7.09. The zero-order chi connectivity index (χ0) is 10.5. The second-order valence-corrected chi connectivity index (χ2v) is 7.58. The summed E-state index contributed by atoms with van der Waals surface area (Å²) in [7, 11) is 0. The molecule has 1 aromatic heterocycles. The van der Waals surface area contributed by atoms with Gasteiger partial charge in [-0.15, -0.1) is 11.3 Å². The molecule has 15 heavy (non-hydrogen) atoms. The van der Waals surface area contributed by atoms with Crippen molar-refractivity contribution in [3.63, 3.8) is 0 Å². The van der Waals surface area contributed by atoms with Crippen LogP contribution in [0.25, 0.3) is 0 Å². The van der Waals surface area contributed by atoms with Crippen molar-refractivity contribution in [3.8, 4) is 0 Å². The normalized spacial score (nSPS) is 38.0. The lowest BCUT2D eigenvalue weighted by molar-refractivity contribution is 0.310. The molecule has 2 aliphatic carbocycles. The van der Waals surface area contributed by atoms with E-state index in [1.807, 2.05) is 11.3 Å². The predicted octanol–water partition coefficient (Wildman–Crippen LogP) is 4.86. The molecule has 0 saturated heterocycles. The summed E-state index contributed by atoms with van der Waals surface area (Å²) in [5.41, 5.74) is 0.570. The summed E-state index contributed by atoms with van der Waals surface area (Å²) >= 11 is 9.29. The Labute approximate surface area is 112 Å². The molecule has 3 rings (SSSR count). The van der Waals surface area contributed by atoms with Crippen molar-refractivity contribution < 1.29 is 0 Å². The van der Waals surface area contributed by atoms with Crippen LogP contribution >= 0.6 is 43.2 Å². The van der Waals surface area contributed by atoms with Crippen LogP contribution in [0, 0.1) is 17.3 Å². The van der Waals surface area contributed by atoms with Crippen LogP contribution in [-0.2, 0) is 6.42 Å². The molecule has 0 nitrogen and oxygen atoms in total. The average molecular weight is 350 g/mol. The van der Waals surface area contributed by atoms with Gasteiger partial charge in [-0.05, 0) is 70.3 Å². The van der Waals surface area contributed by atoms with E-state index < -0.39 is 0 Å². The first kappa shape index (κ1) is 10.8. The molecule has 1 heterocycles. The monoisotopic (exact) mass is 348 g/mol. The summed E-state index contributed by atoms with van der Waals surface area (Å²) in [6, 6.07) is 2.18. The van der Waals surface area contributed by atoms with Crippen molar-refractivity contribution in [2.45, 2.75) is 25.7 Å². The van der Waals surface area contributed by atoms with E-state index in [1.165, 1.54) is 40.4 Å². The number of halogens is 2. The van der Waals surface area contributed by atoms with Crippen LogP contribution in [0.3, 0.4) is 0 Å². The van der Waals surface area contributed by atoms with Crippen LogP contribution in [0.5, 0.6) is 0 Å². The van der Waals surface area contributed by atoms with E-state index >= 15 is 0 Å². The molecule has 2 unspecified atom stereocenters. The van der Waals surface area contributed by atoms with Crippen LogP contribution in [0.1, 0.15) is 24.1 Å². The summed E-state index contributed by atoms with van der Waals surface area (Å²) in [4.78, 5) is 1.54. The van der Waals surface area contributed by atoms with Crippen LogP contribution in [0.15, 0.2) is 15.9 Å². The predicted molar refractivity (Wildman–Crippen MR) is 72.8 cm³/mol. The second kappa shape index (κ2) is 3.85. The van der Waals surface area contributed by atoms with E-state index in [1.54, 1.807) is 0 Å². The van der Waals surface area contributed by atoms with Gasteiger partial charge in [0.15, 0.2) is 0 Å². The largest absolute Gasteiger partial charge is 0.148 e. The van der Waals surface area contributed by atoms with Crippen molar-refractivity contribution in [3.05, 3.63) is 20.8 Å². The lowest BCUT2D eigenvalue weighted by atomic mass is 9.81. The first-order valence-corrected chi connectivity index (χ1v) is 8.30. The molecule has 0 amide bonds. The van der Waals surface area contributed by atoms with Crippen molar-refractivity contribution >= 4 is 43.2 Å². The topological polar surface area (TPSA) is 0 Å². The van der Waals surface area contributed by atoms with E-state index in [4.69, 9.17) is 0 Å². The van der Waals surface area contributed by atoms with E-state index in [9.17, 15) is 0 Å². The number of rotatable bonds is 3. The fraction of sp³-hybridized carbons (Fsp3) is 0.667. The lowest BCUT2D eigenvalue weighted by Crippen LogP contribution is -2.23. The molecule has 0 radical (unpaired) electrons. The zero-order valence-corrected chi connectivity index (χ0v) is 12.5. The molecule has 2 atom stereocenters. The van der Waals surface area contributed by atoms with Crippen molar-refractivity contribution in [1.29, 1.82) is 0 Å². The number of fused-ring (bicyclic) bond motifs is 1. The maximum absolute atomic E-state index is 3.74. The number of alkyl halides is 1. The Hall–Kier alpha value is 0.660. The van der Waals surface area contributed by atoms with Gasteiger partial charge in [0.1, 0.15) is 0 Å². The molecule has 82 valence electrons. The van der Waals surface area contributed by atoms with E-state index in [-0.39, 0.29) is 0 Å². The number of thiophene rings is 1. The van der Waals surface area contributed by atoms with Gasteiger partial charge in [-0.25, -0.2) is 0 Å². The van der Waals surface area contributed by atoms with Gasteiger partial charge in [0.05, 0.1) is 0 Å².